The van der Waals surface area contributed by atoms with Crippen LogP contribution in [0.4, 0.5) is 14.5 Å². The maximum Gasteiger partial charge on any atom is 0.183 e. The van der Waals surface area contributed by atoms with Crippen LogP contribution in [0.1, 0.15) is 19.4 Å². The molecule has 2 nitrogen and oxygen atoms in total. The molecule has 0 aromatic heterocycles. The summed E-state index contributed by atoms with van der Waals surface area (Å²) < 4.78 is 26.8. The second-order valence-electron chi connectivity index (χ2n) is 4.22. The Bertz CT molecular complexity index is 453. The van der Waals surface area contributed by atoms with Gasteiger partial charge in [0.05, 0.1) is 11.3 Å². The van der Waals surface area contributed by atoms with Gasteiger partial charge in [-0.15, -0.1) is 0 Å². The zero-order valence-electron chi connectivity index (χ0n) is 9.97. The fourth-order valence-electron chi connectivity index (χ4n) is 1.15. The van der Waals surface area contributed by atoms with E-state index < -0.39 is 11.6 Å². The van der Waals surface area contributed by atoms with Crippen molar-refractivity contribution >= 4 is 17.4 Å². The minimum Gasteiger partial charge on any atom is -0.381 e. The van der Waals surface area contributed by atoms with Gasteiger partial charge >= 0.3 is 0 Å². The van der Waals surface area contributed by atoms with Crippen molar-refractivity contribution in [3.63, 3.8) is 0 Å². The molecule has 0 atom stereocenters. The monoisotopic (exact) mass is 256 g/mol. The van der Waals surface area contributed by atoms with Gasteiger partial charge in [-0.1, -0.05) is 0 Å². The van der Waals surface area contributed by atoms with E-state index in [9.17, 15) is 8.78 Å². The van der Waals surface area contributed by atoms with Crippen LogP contribution in [0.15, 0.2) is 12.1 Å². The van der Waals surface area contributed by atoms with Gasteiger partial charge in [-0.25, -0.2) is 8.78 Å². The molecule has 0 amide bonds. The third kappa shape index (κ3) is 3.34. The zero-order chi connectivity index (χ0) is 13.1. The lowest BCUT2D eigenvalue weighted by Gasteiger charge is -2.23. The Balaban J connectivity index is 2.88. The normalized spacial score (nSPS) is 11.1. The highest BCUT2D eigenvalue weighted by Crippen LogP contribution is 2.24. The summed E-state index contributed by atoms with van der Waals surface area (Å²) >= 11 is 1.63. The van der Waals surface area contributed by atoms with Crippen LogP contribution in [-0.2, 0) is 0 Å². The number of hydrogen-bond acceptors (Lipinski definition) is 3. The van der Waals surface area contributed by atoms with E-state index in [0.29, 0.717) is 6.54 Å². The van der Waals surface area contributed by atoms with E-state index in [1.807, 2.05) is 20.1 Å². The van der Waals surface area contributed by atoms with Crippen molar-refractivity contribution in [1.29, 1.82) is 5.26 Å². The average Bonchev–Trinajstić information content (AvgIpc) is 2.31. The van der Waals surface area contributed by atoms with Gasteiger partial charge in [-0.05, 0) is 32.2 Å². The zero-order valence-corrected chi connectivity index (χ0v) is 10.8. The number of nitriles is 1. The Morgan fingerprint density at radius 2 is 2.00 bits per heavy atom. The molecule has 17 heavy (non-hydrogen) atoms. The van der Waals surface area contributed by atoms with E-state index >= 15 is 0 Å². The van der Waals surface area contributed by atoms with Crippen LogP contribution in [0.3, 0.4) is 0 Å². The largest absolute Gasteiger partial charge is 0.381 e. The molecule has 92 valence electrons. The van der Waals surface area contributed by atoms with E-state index in [1.54, 1.807) is 17.8 Å². The molecule has 0 heterocycles. The number of hydrogen-bond donors (Lipinski definition) is 1. The molecule has 0 aliphatic heterocycles. The second kappa shape index (κ2) is 5.37. The Morgan fingerprint density at radius 1 is 1.35 bits per heavy atom. The minimum atomic E-state index is -1.10. The Hall–Kier alpha value is -1.28. The average molecular weight is 256 g/mol. The molecule has 5 heteroatoms. The lowest BCUT2D eigenvalue weighted by molar-refractivity contribution is 0.508. The summed E-state index contributed by atoms with van der Waals surface area (Å²) in [6, 6.07) is 4.25. The van der Waals surface area contributed by atoms with Crippen LogP contribution in [0.25, 0.3) is 0 Å². The fraction of sp³-hybridized carbons (Fsp3) is 0.417. The van der Waals surface area contributed by atoms with Gasteiger partial charge in [0.1, 0.15) is 6.07 Å². The Kier molecular flexibility index (Phi) is 4.35. The number of halogens is 2. The van der Waals surface area contributed by atoms with Crippen LogP contribution in [0, 0.1) is 23.0 Å². The van der Waals surface area contributed by atoms with Gasteiger partial charge in [-0.2, -0.15) is 17.0 Å². The van der Waals surface area contributed by atoms with Crippen LogP contribution in [0.5, 0.6) is 0 Å². The van der Waals surface area contributed by atoms with Crippen LogP contribution in [0.2, 0.25) is 0 Å². The van der Waals surface area contributed by atoms with Gasteiger partial charge in [0.2, 0.25) is 0 Å². The highest BCUT2D eigenvalue weighted by atomic mass is 32.2. The molecule has 1 aromatic rings. The molecule has 0 aliphatic carbocycles. The summed E-state index contributed by atoms with van der Waals surface area (Å²) in [5, 5.41) is 11.4. The predicted octanol–water partition coefficient (Wildman–Crippen LogP) is 3.39. The van der Waals surface area contributed by atoms with Crippen LogP contribution >= 0.6 is 11.8 Å². The Labute approximate surface area is 104 Å². The third-order valence-corrected chi connectivity index (χ3v) is 3.71. The van der Waals surface area contributed by atoms with Gasteiger partial charge in [0.25, 0.3) is 0 Å². The lowest BCUT2D eigenvalue weighted by Crippen LogP contribution is -2.26. The molecule has 0 saturated carbocycles. The van der Waals surface area contributed by atoms with Crippen molar-refractivity contribution in [2.24, 2.45) is 0 Å². The topological polar surface area (TPSA) is 35.8 Å². The molecule has 0 bridgehead atoms. The molecule has 1 N–H and O–H groups in total. The summed E-state index contributed by atoms with van der Waals surface area (Å²) in [5.41, 5.74) is -0.194. The van der Waals surface area contributed by atoms with E-state index in [2.05, 4.69) is 5.32 Å². The molecular formula is C12H14F2N2S. The molecule has 1 rings (SSSR count). The molecule has 0 unspecified atom stereocenters. The predicted molar refractivity (Wildman–Crippen MR) is 67.2 cm³/mol. The van der Waals surface area contributed by atoms with Gasteiger partial charge in [0.15, 0.2) is 11.6 Å². The highest BCUT2D eigenvalue weighted by Gasteiger charge is 2.18. The summed E-state index contributed by atoms with van der Waals surface area (Å²) in [7, 11) is 0. The van der Waals surface area contributed by atoms with E-state index in [0.717, 1.165) is 0 Å². The highest BCUT2D eigenvalue weighted by molar-refractivity contribution is 7.99. The van der Waals surface area contributed by atoms with Crippen molar-refractivity contribution < 1.29 is 8.78 Å². The lowest BCUT2D eigenvalue weighted by atomic mass is 10.1. The SMILES string of the molecule is CSC(C)(C)CNc1ccc(C#N)c(F)c1F. The maximum atomic E-state index is 13.5. The summed E-state index contributed by atoms with van der Waals surface area (Å²) in [4.78, 5) is 0. The van der Waals surface area contributed by atoms with Crippen molar-refractivity contribution in [1.82, 2.24) is 0 Å². The van der Waals surface area contributed by atoms with Gasteiger partial charge < -0.3 is 5.32 Å². The molecule has 0 spiro atoms. The number of nitrogens with one attached hydrogen (secondary N) is 1. The van der Waals surface area contributed by atoms with Crippen molar-refractivity contribution in [3.8, 4) is 6.07 Å². The fourth-order valence-corrected chi connectivity index (χ4v) is 1.37. The molecule has 0 saturated heterocycles. The molecule has 0 fully saturated rings. The number of rotatable bonds is 4. The first-order valence-corrected chi connectivity index (χ1v) is 6.31. The molecule has 1 aromatic carbocycles. The Morgan fingerprint density at radius 3 is 2.53 bits per heavy atom. The smallest absolute Gasteiger partial charge is 0.183 e. The second-order valence-corrected chi connectivity index (χ2v) is 5.73. The van der Waals surface area contributed by atoms with Crippen molar-refractivity contribution in [3.05, 3.63) is 29.3 Å². The molecular weight excluding hydrogens is 242 g/mol. The first-order valence-electron chi connectivity index (χ1n) is 5.08. The van der Waals surface area contributed by atoms with Gasteiger partial charge in [-0.3, -0.25) is 0 Å². The summed E-state index contributed by atoms with van der Waals surface area (Å²) in [5.74, 6) is -2.10. The maximum absolute atomic E-state index is 13.5. The van der Waals surface area contributed by atoms with Crippen LogP contribution in [-0.4, -0.2) is 17.5 Å². The quantitative estimate of drug-likeness (QED) is 0.897. The molecule has 0 aliphatic rings. The first-order chi connectivity index (χ1) is 7.91. The van der Waals surface area contributed by atoms with E-state index in [-0.39, 0.29) is 16.0 Å². The molecule has 0 radical (unpaired) electrons. The van der Waals surface area contributed by atoms with E-state index in [4.69, 9.17) is 5.26 Å². The summed E-state index contributed by atoms with van der Waals surface area (Å²) in [6.07, 6.45) is 1.96. The van der Waals surface area contributed by atoms with Gasteiger partial charge in [0, 0.05) is 11.3 Å². The number of anilines is 1. The first kappa shape index (κ1) is 13.8. The number of benzene rings is 1. The number of thioether (sulfide) groups is 1. The van der Waals surface area contributed by atoms with Crippen molar-refractivity contribution in [2.45, 2.75) is 18.6 Å². The minimum absolute atomic E-state index is 0.0726. The third-order valence-electron chi connectivity index (χ3n) is 2.46. The number of nitrogens with zero attached hydrogens (tertiary/aromatic N) is 1. The standard InChI is InChI=1S/C12H14F2N2S/c1-12(2,17-3)7-16-9-5-4-8(6-15)10(13)11(9)14/h4-5,16H,7H2,1-3H3. The van der Waals surface area contributed by atoms with Crippen molar-refractivity contribution in [2.75, 3.05) is 18.1 Å². The van der Waals surface area contributed by atoms with E-state index in [1.165, 1.54) is 12.1 Å². The van der Waals surface area contributed by atoms with Crippen LogP contribution < -0.4 is 5.32 Å². The summed E-state index contributed by atoms with van der Waals surface area (Å²) in [6.45, 7) is 4.52.